The summed E-state index contributed by atoms with van der Waals surface area (Å²) in [6.07, 6.45) is 3.22. The summed E-state index contributed by atoms with van der Waals surface area (Å²) in [6, 6.07) is 20.1. The third-order valence-electron chi connectivity index (χ3n) is 3.28. The minimum Gasteiger partial charge on any atom is -0.445 e. The zero-order valence-electron chi connectivity index (χ0n) is 10.1. The number of oxazole rings is 1. The molecule has 2 nitrogen and oxygen atoms in total. The Labute approximate surface area is 110 Å². The molecule has 0 aliphatic heterocycles. The highest BCUT2D eigenvalue weighted by molar-refractivity contribution is 5.99. The van der Waals surface area contributed by atoms with E-state index in [4.69, 9.17) is 4.42 Å². The Morgan fingerprint density at radius 2 is 1.74 bits per heavy atom. The van der Waals surface area contributed by atoms with Crippen LogP contribution in [0.1, 0.15) is 0 Å². The maximum atomic E-state index is 5.31. The Hall–Kier alpha value is -2.61. The molecule has 4 rings (SSSR count). The minimum absolute atomic E-state index is 0.607. The molecule has 1 radical (unpaired) electrons. The molecule has 1 aromatic heterocycles. The van der Waals surface area contributed by atoms with Crippen molar-refractivity contribution in [3.63, 3.8) is 0 Å². The van der Waals surface area contributed by atoms with E-state index in [1.807, 2.05) is 12.1 Å². The van der Waals surface area contributed by atoms with Gasteiger partial charge in [-0.3, -0.25) is 0 Å². The molecule has 0 bridgehead atoms. The van der Waals surface area contributed by atoms with Gasteiger partial charge in [0.1, 0.15) is 6.26 Å². The van der Waals surface area contributed by atoms with Crippen molar-refractivity contribution in [2.75, 3.05) is 0 Å². The van der Waals surface area contributed by atoms with Crippen molar-refractivity contribution in [2.24, 2.45) is 0 Å². The van der Waals surface area contributed by atoms with Gasteiger partial charge < -0.3 is 4.42 Å². The Morgan fingerprint density at radius 3 is 2.53 bits per heavy atom. The average Bonchev–Trinajstić information content (AvgIpc) is 2.98. The van der Waals surface area contributed by atoms with Crippen LogP contribution in [-0.4, -0.2) is 4.98 Å². The highest BCUT2D eigenvalue weighted by Gasteiger charge is 2.05. The van der Waals surface area contributed by atoms with Crippen LogP contribution in [0, 0.1) is 6.07 Å². The Morgan fingerprint density at radius 1 is 0.895 bits per heavy atom. The molecule has 0 saturated carbocycles. The van der Waals surface area contributed by atoms with Gasteiger partial charge in [-0.15, -0.1) is 0 Å². The third kappa shape index (κ3) is 1.69. The molecule has 2 heteroatoms. The Bertz CT molecular complexity index is 863. The average molecular weight is 244 g/mol. The van der Waals surface area contributed by atoms with E-state index in [0.29, 0.717) is 5.89 Å². The predicted molar refractivity (Wildman–Crippen MR) is 75.8 cm³/mol. The number of benzene rings is 3. The Kier molecular flexibility index (Phi) is 2.15. The zero-order chi connectivity index (χ0) is 12.7. The maximum Gasteiger partial charge on any atom is 0.226 e. The second-order valence-electron chi connectivity index (χ2n) is 4.50. The van der Waals surface area contributed by atoms with E-state index < -0.39 is 0 Å². The summed E-state index contributed by atoms with van der Waals surface area (Å²) in [5.41, 5.74) is 0.882. The molecule has 0 saturated heterocycles. The summed E-state index contributed by atoms with van der Waals surface area (Å²) in [4.78, 5) is 4.16. The molecule has 0 N–H and O–H groups in total. The van der Waals surface area contributed by atoms with Crippen molar-refractivity contribution in [1.82, 2.24) is 4.98 Å². The van der Waals surface area contributed by atoms with Crippen molar-refractivity contribution in [3.8, 4) is 11.5 Å². The fourth-order valence-electron chi connectivity index (χ4n) is 2.35. The molecule has 0 aliphatic rings. The molecule has 0 aliphatic carbocycles. The van der Waals surface area contributed by atoms with Gasteiger partial charge in [-0.05, 0) is 39.7 Å². The van der Waals surface area contributed by atoms with E-state index in [1.165, 1.54) is 16.2 Å². The lowest BCUT2D eigenvalue weighted by Crippen LogP contribution is -1.80. The molecule has 4 aromatic rings. The summed E-state index contributed by atoms with van der Waals surface area (Å²) < 4.78 is 5.31. The topological polar surface area (TPSA) is 26.0 Å². The van der Waals surface area contributed by atoms with Crippen LogP contribution in [0.25, 0.3) is 33.0 Å². The number of rotatable bonds is 1. The molecule has 19 heavy (non-hydrogen) atoms. The van der Waals surface area contributed by atoms with E-state index in [-0.39, 0.29) is 0 Å². The Balaban J connectivity index is 2.00. The van der Waals surface area contributed by atoms with Crippen molar-refractivity contribution in [1.29, 1.82) is 0 Å². The third-order valence-corrected chi connectivity index (χ3v) is 3.28. The summed E-state index contributed by atoms with van der Waals surface area (Å²) in [5, 5.41) is 4.71. The van der Waals surface area contributed by atoms with Gasteiger partial charge in [-0.1, -0.05) is 30.3 Å². The van der Waals surface area contributed by atoms with Gasteiger partial charge in [0, 0.05) is 11.6 Å². The number of aromatic nitrogens is 1. The number of nitrogens with zero attached hydrogens (tertiary/aromatic N) is 1. The van der Waals surface area contributed by atoms with Crippen molar-refractivity contribution >= 4 is 21.5 Å². The molecule has 89 valence electrons. The summed E-state index contributed by atoms with van der Waals surface area (Å²) >= 11 is 0. The number of fused-ring (bicyclic) bond motifs is 2. The minimum atomic E-state index is 0.607. The van der Waals surface area contributed by atoms with Gasteiger partial charge in [0.2, 0.25) is 5.89 Å². The van der Waals surface area contributed by atoms with Gasteiger partial charge in [-0.2, -0.15) is 0 Å². The highest BCUT2D eigenvalue weighted by Crippen LogP contribution is 2.26. The number of hydrogen-bond acceptors (Lipinski definition) is 2. The molecule has 1 heterocycles. The lowest BCUT2D eigenvalue weighted by Gasteiger charge is -2.03. The van der Waals surface area contributed by atoms with Gasteiger partial charge in [0.15, 0.2) is 0 Å². The van der Waals surface area contributed by atoms with Crippen LogP contribution in [-0.2, 0) is 0 Å². The van der Waals surface area contributed by atoms with Crippen LogP contribution in [0.2, 0.25) is 0 Å². The van der Waals surface area contributed by atoms with E-state index in [0.717, 1.165) is 10.9 Å². The van der Waals surface area contributed by atoms with E-state index in [9.17, 15) is 0 Å². The largest absolute Gasteiger partial charge is 0.445 e. The highest BCUT2D eigenvalue weighted by atomic mass is 16.3. The van der Waals surface area contributed by atoms with Crippen LogP contribution >= 0.6 is 0 Å². The molecule has 0 fully saturated rings. The van der Waals surface area contributed by atoms with Crippen LogP contribution in [0.3, 0.4) is 0 Å². The van der Waals surface area contributed by atoms with Crippen molar-refractivity contribution in [3.05, 3.63) is 67.1 Å². The van der Waals surface area contributed by atoms with Crippen LogP contribution in [0.15, 0.2) is 65.4 Å². The zero-order valence-corrected chi connectivity index (χ0v) is 10.1. The van der Waals surface area contributed by atoms with E-state index >= 15 is 0 Å². The SMILES string of the molecule is [c]1c(-c2ncco2)ccc2cc3ccccc3cc12. The van der Waals surface area contributed by atoms with Crippen LogP contribution in [0.4, 0.5) is 0 Å². The fraction of sp³-hybridized carbons (Fsp3) is 0. The van der Waals surface area contributed by atoms with Crippen LogP contribution in [0.5, 0.6) is 0 Å². The fourth-order valence-corrected chi connectivity index (χ4v) is 2.35. The number of hydrogen-bond donors (Lipinski definition) is 0. The predicted octanol–water partition coefficient (Wildman–Crippen LogP) is 4.45. The monoisotopic (exact) mass is 244 g/mol. The van der Waals surface area contributed by atoms with Gasteiger partial charge in [0.05, 0.1) is 6.20 Å². The second kappa shape index (κ2) is 3.95. The molecule has 0 atom stereocenters. The summed E-state index contributed by atoms with van der Waals surface area (Å²) in [7, 11) is 0. The molecule has 0 amide bonds. The first-order valence-electron chi connectivity index (χ1n) is 6.15. The first-order chi connectivity index (χ1) is 9.40. The van der Waals surface area contributed by atoms with E-state index in [2.05, 4.69) is 47.4 Å². The summed E-state index contributed by atoms with van der Waals surface area (Å²) in [5.74, 6) is 0.607. The maximum absolute atomic E-state index is 5.31. The smallest absolute Gasteiger partial charge is 0.226 e. The quantitative estimate of drug-likeness (QED) is 0.462. The first-order valence-corrected chi connectivity index (χ1v) is 6.15. The molecule has 0 unspecified atom stereocenters. The lowest BCUT2D eigenvalue weighted by atomic mass is 10.0. The normalized spacial score (nSPS) is 11.2. The summed E-state index contributed by atoms with van der Waals surface area (Å²) in [6.45, 7) is 0. The van der Waals surface area contributed by atoms with Crippen molar-refractivity contribution in [2.45, 2.75) is 0 Å². The first kappa shape index (κ1) is 10.3. The standard InChI is InChI=1S/C17H10NO/c1-2-4-13-10-16-11-15(17-18-7-8-19-17)6-5-14(16)9-12(13)3-1/h1-10H. The lowest BCUT2D eigenvalue weighted by molar-refractivity contribution is 0.574. The molecule has 3 aromatic carbocycles. The van der Waals surface area contributed by atoms with Gasteiger partial charge >= 0.3 is 0 Å². The molecular weight excluding hydrogens is 234 g/mol. The van der Waals surface area contributed by atoms with Crippen LogP contribution < -0.4 is 0 Å². The van der Waals surface area contributed by atoms with Crippen molar-refractivity contribution < 1.29 is 4.42 Å². The second-order valence-corrected chi connectivity index (χ2v) is 4.50. The van der Waals surface area contributed by atoms with E-state index in [1.54, 1.807) is 12.5 Å². The molecular formula is C17H10NO. The molecule has 0 spiro atoms. The van der Waals surface area contributed by atoms with Gasteiger partial charge in [-0.25, -0.2) is 4.98 Å². The van der Waals surface area contributed by atoms with Gasteiger partial charge in [0.25, 0.3) is 0 Å².